The maximum absolute atomic E-state index is 12.8. The van der Waals surface area contributed by atoms with E-state index < -0.39 is 0 Å². The molecule has 0 aromatic carbocycles. The number of hydrogen-bond acceptors (Lipinski definition) is 4. The molecule has 28 heavy (non-hydrogen) atoms. The van der Waals surface area contributed by atoms with Crippen molar-refractivity contribution in [3.8, 4) is 0 Å². The summed E-state index contributed by atoms with van der Waals surface area (Å²) in [5.74, 6) is 0.225. The van der Waals surface area contributed by atoms with E-state index in [1.54, 1.807) is 6.92 Å². The summed E-state index contributed by atoms with van der Waals surface area (Å²) in [4.78, 5) is 42.3. The highest BCUT2D eigenvalue weighted by Gasteiger charge is 2.27. The van der Waals surface area contributed by atoms with Crippen LogP contribution in [0.1, 0.15) is 85.0 Å². The Hall–Kier alpha value is -1.95. The van der Waals surface area contributed by atoms with Gasteiger partial charge < -0.3 is 10.3 Å². The van der Waals surface area contributed by atoms with Crippen LogP contribution in [0.25, 0.3) is 0 Å². The zero-order valence-corrected chi connectivity index (χ0v) is 17.8. The number of nitrogens with one attached hydrogen (secondary N) is 2. The van der Waals surface area contributed by atoms with Gasteiger partial charge in [-0.15, -0.1) is 0 Å². The van der Waals surface area contributed by atoms with Crippen LogP contribution in [0.5, 0.6) is 0 Å². The van der Waals surface area contributed by atoms with E-state index in [4.69, 9.17) is 0 Å². The third-order valence-electron chi connectivity index (χ3n) is 5.68. The molecule has 1 amide bonds. The number of amides is 1. The number of likely N-dealkylation sites (tertiary alicyclic amines) is 1. The summed E-state index contributed by atoms with van der Waals surface area (Å²) in [5, 5.41) is 3.04. The predicted octanol–water partition coefficient (Wildman–Crippen LogP) is 3.29. The molecule has 2 N–H and O–H groups in total. The molecule has 2 rings (SSSR count). The first kappa shape index (κ1) is 22.3. The molecule has 1 aliphatic rings. The average Bonchev–Trinajstić information content (AvgIpc) is 3.02. The molecule has 0 saturated carbocycles. The number of hydrogen-bond donors (Lipinski definition) is 2. The van der Waals surface area contributed by atoms with Gasteiger partial charge in [-0.25, -0.2) is 0 Å². The van der Waals surface area contributed by atoms with Crippen molar-refractivity contribution in [2.45, 2.75) is 66.2 Å². The van der Waals surface area contributed by atoms with Gasteiger partial charge in [0.2, 0.25) is 5.91 Å². The third kappa shape index (κ3) is 5.53. The Kier molecular flexibility index (Phi) is 8.42. The van der Waals surface area contributed by atoms with Gasteiger partial charge in [0.15, 0.2) is 11.6 Å². The molecule has 1 fully saturated rings. The molecule has 0 atom stereocenters. The van der Waals surface area contributed by atoms with Crippen LogP contribution in [-0.2, 0) is 11.2 Å². The van der Waals surface area contributed by atoms with E-state index in [-0.39, 0.29) is 23.4 Å². The van der Waals surface area contributed by atoms with Gasteiger partial charge in [0, 0.05) is 23.7 Å². The summed E-state index contributed by atoms with van der Waals surface area (Å²) in [7, 11) is 0. The Morgan fingerprint density at radius 1 is 1.14 bits per heavy atom. The fourth-order valence-corrected chi connectivity index (χ4v) is 4.11. The number of piperidine rings is 1. The minimum atomic E-state index is -0.00425. The van der Waals surface area contributed by atoms with Crippen LogP contribution in [0.2, 0.25) is 0 Å². The number of aromatic amines is 1. The van der Waals surface area contributed by atoms with Crippen LogP contribution in [0, 0.1) is 12.8 Å². The number of rotatable bonds is 10. The molecule has 1 saturated heterocycles. The number of H-pyrrole nitrogens is 1. The Morgan fingerprint density at radius 3 is 2.39 bits per heavy atom. The molecule has 1 aromatic rings. The number of Topliss-reactive ketones (excluding diaryl/α,β-unsaturated/α-hetero) is 2. The molecule has 6 nitrogen and oxygen atoms in total. The van der Waals surface area contributed by atoms with E-state index in [1.807, 2.05) is 13.8 Å². The molecule has 1 aliphatic heterocycles. The second-order valence-electron chi connectivity index (χ2n) is 7.86. The van der Waals surface area contributed by atoms with E-state index in [2.05, 4.69) is 22.1 Å². The van der Waals surface area contributed by atoms with E-state index in [1.165, 1.54) is 0 Å². The molecule has 156 valence electrons. The minimum Gasteiger partial charge on any atom is -0.356 e. The van der Waals surface area contributed by atoms with Gasteiger partial charge in [-0.05, 0) is 58.2 Å². The number of carbonyl (C=O) groups excluding carboxylic acids is 3. The van der Waals surface area contributed by atoms with Gasteiger partial charge in [0.1, 0.15) is 0 Å². The zero-order valence-electron chi connectivity index (χ0n) is 17.8. The van der Waals surface area contributed by atoms with Crippen molar-refractivity contribution in [1.82, 2.24) is 15.2 Å². The van der Waals surface area contributed by atoms with Crippen LogP contribution >= 0.6 is 0 Å². The van der Waals surface area contributed by atoms with E-state index in [0.717, 1.165) is 63.0 Å². The summed E-state index contributed by atoms with van der Waals surface area (Å²) in [6.45, 7) is 10.1. The number of nitrogens with zero attached hydrogens (tertiary/aromatic N) is 1. The molecular formula is C22H35N3O3. The van der Waals surface area contributed by atoms with Gasteiger partial charge >= 0.3 is 0 Å². The number of unbranched alkanes of at least 4 members (excludes halogenated alkanes) is 2. The van der Waals surface area contributed by atoms with Crippen LogP contribution in [0.4, 0.5) is 0 Å². The Balaban J connectivity index is 1.88. The Morgan fingerprint density at radius 2 is 1.82 bits per heavy atom. The lowest BCUT2D eigenvalue weighted by Gasteiger charge is -2.30. The van der Waals surface area contributed by atoms with E-state index >= 15 is 0 Å². The summed E-state index contributed by atoms with van der Waals surface area (Å²) in [5.41, 5.74) is 2.83. The van der Waals surface area contributed by atoms with Crippen molar-refractivity contribution in [1.29, 1.82) is 0 Å². The van der Waals surface area contributed by atoms with Crippen molar-refractivity contribution in [3.05, 3.63) is 22.5 Å². The van der Waals surface area contributed by atoms with Gasteiger partial charge in [-0.3, -0.25) is 19.3 Å². The zero-order chi connectivity index (χ0) is 20.7. The largest absolute Gasteiger partial charge is 0.356 e. The molecule has 0 unspecified atom stereocenters. The van der Waals surface area contributed by atoms with Gasteiger partial charge in [0.05, 0.1) is 12.2 Å². The maximum Gasteiger partial charge on any atom is 0.223 e. The minimum absolute atomic E-state index is 0.00425. The monoisotopic (exact) mass is 389 g/mol. The molecule has 0 aliphatic carbocycles. The summed E-state index contributed by atoms with van der Waals surface area (Å²) in [6, 6.07) is 0. The van der Waals surface area contributed by atoms with Crippen LogP contribution in [0.3, 0.4) is 0 Å². The maximum atomic E-state index is 12.8. The third-order valence-corrected chi connectivity index (χ3v) is 5.68. The summed E-state index contributed by atoms with van der Waals surface area (Å²) in [6.07, 6.45) is 5.56. The Bertz CT molecular complexity index is 700. The van der Waals surface area contributed by atoms with Crippen LogP contribution in [0.15, 0.2) is 0 Å². The standard InChI is InChI=1S/C22H35N3O3/c1-5-7-8-11-23-22(28)17-9-12-25(13-10-17)14-19(27)21-18(6-2)20(16(4)26)15(3)24-21/h17,24H,5-14H2,1-4H3,(H,23,28). The number of carbonyl (C=O) groups is 3. The van der Waals surface area contributed by atoms with Crippen molar-refractivity contribution >= 4 is 17.5 Å². The highest BCUT2D eigenvalue weighted by Crippen LogP contribution is 2.22. The molecule has 0 bridgehead atoms. The van der Waals surface area contributed by atoms with E-state index in [0.29, 0.717) is 24.2 Å². The quantitative estimate of drug-likeness (QED) is 0.475. The predicted molar refractivity (Wildman–Crippen MR) is 111 cm³/mol. The van der Waals surface area contributed by atoms with Crippen LogP contribution < -0.4 is 5.32 Å². The molecule has 1 aromatic heterocycles. The van der Waals surface area contributed by atoms with Gasteiger partial charge in [-0.1, -0.05) is 26.7 Å². The van der Waals surface area contributed by atoms with Crippen molar-refractivity contribution in [3.63, 3.8) is 0 Å². The molecule has 2 heterocycles. The van der Waals surface area contributed by atoms with E-state index in [9.17, 15) is 14.4 Å². The van der Waals surface area contributed by atoms with Crippen molar-refractivity contribution in [2.24, 2.45) is 5.92 Å². The molecule has 0 radical (unpaired) electrons. The Labute approximate surface area is 168 Å². The van der Waals surface area contributed by atoms with Gasteiger partial charge in [0.25, 0.3) is 0 Å². The summed E-state index contributed by atoms with van der Waals surface area (Å²) < 4.78 is 0. The highest BCUT2D eigenvalue weighted by atomic mass is 16.2. The first-order chi connectivity index (χ1) is 13.4. The number of aryl methyl sites for hydroxylation is 1. The SMILES string of the molecule is CCCCCNC(=O)C1CCN(CC(=O)c2[nH]c(C)c(C(C)=O)c2CC)CC1. The molecule has 0 spiro atoms. The van der Waals surface area contributed by atoms with Crippen molar-refractivity contribution < 1.29 is 14.4 Å². The lowest BCUT2D eigenvalue weighted by Crippen LogP contribution is -2.42. The number of ketones is 2. The smallest absolute Gasteiger partial charge is 0.223 e. The average molecular weight is 390 g/mol. The van der Waals surface area contributed by atoms with Crippen molar-refractivity contribution in [2.75, 3.05) is 26.2 Å². The second kappa shape index (κ2) is 10.6. The lowest BCUT2D eigenvalue weighted by atomic mass is 9.95. The lowest BCUT2D eigenvalue weighted by molar-refractivity contribution is -0.126. The summed E-state index contributed by atoms with van der Waals surface area (Å²) >= 11 is 0. The van der Waals surface area contributed by atoms with Gasteiger partial charge in [-0.2, -0.15) is 0 Å². The van der Waals surface area contributed by atoms with Crippen LogP contribution in [-0.4, -0.2) is 53.5 Å². The first-order valence-corrected chi connectivity index (χ1v) is 10.6. The topological polar surface area (TPSA) is 82.3 Å². The fraction of sp³-hybridized carbons (Fsp3) is 0.682. The normalized spacial score (nSPS) is 15.6. The number of aromatic nitrogens is 1. The highest BCUT2D eigenvalue weighted by molar-refractivity contribution is 6.04. The second-order valence-corrected chi connectivity index (χ2v) is 7.86. The molecular weight excluding hydrogens is 354 g/mol. The first-order valence-electron chi connectivity index (χ1n) is 10.6. The fourth-order valence-electron chi connectivity index (χ4n) is 4.11. The molecule has 6 heteroatoms.